The molecule has 8 heteroatoms. The predicted octanol–water partition coefficient (Wildman–Crippen LogP) is 1.59. The van der Waals surface area contributed by atoms with Crippen molar-refractivity contribution in [2.75, 3.05) is 4.72 Å². The molecule has 0 aliphatic heterocycles. The molecule has 0 bridgehead atoms. The van der Waals surface area contributed by atoms with Crippen LogP contribution in [0.25, 0.3) is 0 Å². The Labute approximate surface area is 121 Å². The molecule has 3 rings (SSSR count). The summed E-state index contributed by atoms with van der Waals surface area (Å²) in [4.78, 5) is 8.57. The molecule has 0 amide bonds. The Balaban J connectivity index is 1.70. The summed E-state index contributed by atoms with van der Waals surface area (Å²) in [5, 5.41) is 3.36. The van der Waals surface area contributed by atoms with Gasteiger partial charge in [-0.05, 0) is 25.0 Å². The minimum absolute atomic E-state index is 0.300. The molecule has 2 aromatic rings. The van der Waals surface area contributed by atoms with Crippen LogP contribution < -0.4 is 10.0 Å². The van der Waals surface area contributed by atoms with E-state index < -0.39 is 10.0 Å². The Kier molecular flexibility index (Phi) is 3.68. The SMILES string of the molecule is O=S(=O)(Nc1cncnc1)c1ccc(CNC2CC2)s1. The minimum Gasteiger partial charge on any atom is -0.309 e. The molecule has 20 heavy (non-hydrogen) atoms. The highest BCUT2D eigenvalue weighted by Crippen LogP contribution is 2.25. The van der Waals surface area contributed by atoms with Crippen molar-refractivity contribution in [3.8, 4) is 0 Å². The summed E-state index contributed by atoms with van der Waals surface area (Å²) in [6.45, 7) is 0.722. The fourth-order valence-electron chi connectivity index (χ4n) is 1.69. The second-order valence-electron chi connectivity index (χ2n) is 4.61. The zero-order valence-electron chi connectivity index (χ0n) is 10.6. The first-order valence-corrected chi connectivity index (χ1v) is 8.53. The van der Waals surface area contributed by atoms with Crippen molar-refractivity contribution >= 4 is 27.0 Å². The fourth-order valence-corrected chi connectivity index (χ4v) is 4.02. The summed E-state index contributed by atoms with van der Waals surface area (Å²) in [6.07, 6.45) is 6.63. The van der Waals surface area contributed by atoms with Crippen molar-refractivity contribution in [3.63, 3.8) is 0 Å². The molecule has 0 spiro atoms. The van der Waals surface area contributed by atoms with E-state index >= 15 is 0 Å². The molecule has 0 saturated heterocycles. The summed E-state index contributed by atoms with van der Waals surface area (Å²) < 4.78 is 27.1. The van der Waals surface area contributed by atoms with Gasteiger partial charge in [0.25, 0.3) is 10.0 Å². The fraction of sp³-hybridized carbons (Fsp3) is 0.333. The van der Waals surface area contributed by atoms with Gasteiger partial charge >= 0.3 is 0 Å². The summed E-state index contributed by atoms with van der Waals surface area (Å²) in [5.74, 6) is 0. The van der Waals surface area contributed by atoms with Gasteiger partial charge in [-0.3, -0.25) is 4.72 Å². The smallest absolute Gasteiger partial charge is 0.271 e. The second kappa shape index (κ2) is 5.47. The van der Waals surface area contributed by atoms with Gasteiger partial charge in [-0.15, -0.1) is 11.3 Å². The number of anilines is 1. The standard InChI is InChI=1S/C12H14N4O2S2/c17-20(18,16-10-5-13-8-14-6-10)12-4-3-11(19-12)7-15-9-1-2-9/h3-6,8-9,15-16H,1-2,7H2. The summed E-state index contributed by atoms with van der Waals surface area (Å²) >= 11 is 1.28. The van der Waals surface area contributed by atoms with Gasteiger partial charge < -0.3 is 5.32 Å². The molecule has 2 heterocycles. The van der Waals surface area contributed by atoms with Crippen molar-refractivity contribution in [2.45, 2.75) is 29.6 Å². The van der Waals surface area contributed by atoms with Crippen molar-refractivity contribution in [3.05, 3.63) is 35.7 Å². The van der Waals surface area contributed by atoms with Crippen LogP contribution in [0.15, 0.2) is 35.1 Å². The van der Waals surface area contributed by atoms with Gasteiger partial charge in [0.05, 0.1) is 18.1 Å². The molecular formula is C12H14N4O2S2. The molecule has 1 saturated carbocycles. The molecule has 0 radical (unpaired) electrons. The van der Waals surface area contributed by atoms with E-state index in [1.807, 2.05) is 6.07 Å². The molecule has 2 N–H and O–H groups in total. The number of nitrogens with one attached hydrogen (secondary N) is 2. The van der Waals surface area contributed by atoms with E-state index in [1.165, 1.54) is 42.9 Å². The lowest BCUT2D eigenvalue weighted by molar-refractivity contribution is 0.603. The first-order chi connectivity index (χ1) is 9.63. The van der Waals surface area contributed by atoms with Crippen molar-refractivity contribution in [1.29, 1.82) is 0 Å². The summed E-state index contributed by atoms with van der Waals surface area (Å²) in [6, 6.07) is 4.08. The molecule has 106 valence electrons. The van der Waals surface area contributed by atoms with E-state index in [1.54, 1.807) is 6.07 Å². The van der Waals surface area contributed by atoms with Crippen molar-refractivity contribution < 1.29 is 8.42 Å². The molecule has 0 atom stereocenters. The monoisotopic (exact) mass is 310 g/mol. The maximum atomic E-state index is 12.2. The highest BCUT2D eigenvalue weighted by atomic mass is 32.2. The van der Waals surface area contributed by atoms with Crippen LogP contribution in [0.3, 0.4) is 0 Å². The normalized spacial score (nSPS) is 15.2. The van der Waals surface area contributed by atoms with Crippen LogP contribution in [0.1, 0.15) is 17.7 Å². The molecule has 0 unspecified atom stereocenters. The third kappa shape index (κ3) is 3.33. The number of nitrogens with zero attached hydrogens (tertiary/aromatic N) is 2. The van der Waals surface area contributed by atoms with Crippen LogP contribution in [-0.4, -0.2) is 24.4 Å². The van der Waals surface area contributed by atoms with Gasteiger partial charge in [0.2, 0.25) is 0 Å². The molecule has 1 fully saturated rings. The van der Waals surface area contributed by atoms with Crippen LogP contribution >= 0.6 is 11.3 Å². The molecule has 6 nitrogen and oxygen atoms in total. The summed E-state index contributed by atoms with van der Waals surface area (Å²) in [5.41, 5.74) is 0.360. The first-order valence-electron chi connectivity index (χ1n) is 6.23. The van der Waals surface area contributed by atoms with Gasteiger partial charge in [-0.25, -0.2) is 18.4 Å². The lowest BCUT2D eigenvalue weighted by atomic mass is 10.4. The van der Waals surface area contributed by atoms with E-state index in [2.05, 4.69) is 20.0 Å². The number of aromatic nitrogens is 2. The maximum Gasteiger partial charge on any atom is 0.271 e. The maximum absolute atomic E-state index is 12.2. The highest BCUT2D eigenvalue weighted by Gasteiger charge is 2.21. The Morgan fingerprint density at radius 1 is 1.25 bits per heavy atom. The third-order valence-corrected chi connectivity index (χ3v) is 5.82. The topological polar surface area (TPSA) is 84.0 Å². The van der Waals surface area contributed by atoms with Gasteiger partial charge in [0.1, 0.15) is 10.5 Å². The average molecular weight is 310 g/mol. The Hall–Kier alpha value is -1.51. The van der Waals surface area contributed by atoms with Crippen LogP contribution in [0.5, 0.6) is 0 Å². The molecule has 2 aromatic heterocycles. The van der Waals surface area contributed by atoms with E-state index in [0.29, 0.717) is 15.9 Å². The van der Waals surface area contributed by atoms with Gasteiger partial charge in [0, 0.05) is 17.5 Å². The number of hydrogen-bond acceptors (Lipinski definition) is 6. The third-order valence-electron chi connectivity index (χ3n) is 2.86. The van der Waals surface area contributed by atoms with Gasteiger partial charge in [-0.1, -0.05) is 0 Å². The molecule has 1 aliphatic carbocycles. The zero-order chi connectivity index (χ0) is 14.0. The Morgan fingerprint density at radius 3 is 2.70 bits per heavy atom. The predicted molar refractivity (Wildman–Crippen MR) is 77.0 cm³/mol. The van der Waals surface area contributed by atoms with Crippen LogP contribution in [0, 0.1) is 0 Å². The van der Waals surface area contributed by atoms with Crippen molar-refractivity contribution in [2.24, 2.45) is 0 Å². The van der Waals surface area contributed by atoms with Crippen LogP contribution in [0.2, 0.25) is 0 Å². The number of thiophene rings is 1. The number of rotatable bonds is 6. The van der Waals surface area contributed by atoms with E-state index in [9.17, 15) is 8.42 Å². The number of hydrogen-bond donors (Lipinski definition) is 2. The first kappa shape index (κ1) is 13.5. The minimum atomic E-state index is -3.55. The highest BCUT2D eigenvalue weighted by molar-refractivity contribution is 7.94. The van der Waals surface area contributed by atoms with Crippen molar-refractivity contribution in [1.82, 2.24) is 15.3 Å². The van der Waals surface area contributed by atoms with E-state index in [4.69, 9.17) is 0 Å². The van der Waals surface area contributed by atoms with E-state index in [0.717, 1.165) is 11.4 Å². The lowest BCUT2D eigenvalue weighted by Gasteiger charge is -2.04. The second-order valence-corrected chi connectivity index (χ2v) is 7.69. The molecule has 0 aromatic carbocycles. The lowest BCUT2D eigenvalue weighted by Crippen LogP contribution is -2.14. The number of sulfonamides is 1. The summed E-state index contributed by atoms with van der Waals surface area (Å²) in [7, 11) is -3.55. The Bertz CT molecular complexity index is 680. The molecular weight excluding hydrogens is 296 g/mol. The zero-order valence-corrected chi connectivity index (χ0v) is 12.2. The van der Waals surface area contributed by atoms with E-state index in [-0.39, 0.29) is 0 Å². The van der Waals surface area contributed by atoms with Crippen LogP contribution in [0.4, 0.5) is 5.69 Å². The quantitative estimate of drug-likeness (QED) is 0.846. The average Bonchev–Trinajstić information content (AvgIpc) is 3.13. The van der Waals surface area contributed by atoms with Crippen LogP contribution in [-0.2, 0) is 16.6 Å². The largest absolute Gasteiger partial charge is 0.309 e. The van der Waals surface area contributed by atoms with Gasteiger partial charge in [-0.2, -0.15) is 0 Å². The Morgan fingerprint density at radius 2 is 2.00 bits per heavy atom. The van der Waals surface area contributed by atoms with Gasteiger partial charge in [0.15, 0.2) is 0 Å². The molecule has 1 aliphatic rings.